The average Bonchev–Trinajstić information content (AvgIpc) is 2.54. The van der Waals surface area contributed by atoms with Crippen LogP contribution in [0.15, 0.2) is 18.2 Å². The van der Waals surface area contributed by atoms with E-state index in [1.165, 1.54) is 50.7 Å². The van der Waals surface area contributed by atoms with Gasteiger partial charge in [-0.15, -0.1) is 0 Å². The Kier molecular flexibility index (Phi) is 11.0. The summed E-state index contributed by atoms with van der Waals surface area (Å²) in [5, 5.41) is 0.166. The van der Waals surface area contributed by atoms with E-state index in [1.807, 2.05) is 0 Å². The molecule has 0 saturated carbocycles. The Balaban J connectivity index is 2.27. The van der Waals surface area contributed by atoms with Crippen LogP contribution < -0.4 is 4.18 Å². The fraction of sp³-hybridized carbons (Fsp3) is 0.611. The van der Waals surface area contributed by atoms with Gasteiger partial charge in [-0.2, -0.15) is 0 Å². The molecule has 0 aliphatic carbocycles. The van der Waals surface area contributed by atoms with E-state index in [9.17, 15) is 13.6 Å². The molecule has 0 aromatic heterocycles. The molecule has 1 atom stereocenters. The second kappa shape index (κ2) is 12.5. The summed E-state index contributed by atoms with van der Waals surface area (Å²) in [6.45, 7) is 2.22. The van der Waals surface area contributed by atoms with Crippen LogP contribution in [0.2, 0.25) is 5.02 Å². The minimum absolute atomic E-state index is 0.0112. The Hall–Kier alpha value is -0.910. The van der Waals surface area contributed by atoms with Crippen molar-refractivity contribution in [2.45, 2.75) is 71.1 Å². The van der Waals surface area contributed by atoms with Gasteiger partial charge in [0.05, 0.1) is 5.02 Å². The molecule has 0 spiro atoms. The van der Waals surface area contributed by atoms with Crippen LogP contribution in [0, 0.1) is 0 Å². The summed E-state index contributed by atoms with van der Waals surface area (Å²) in [4.78, 5) is 12.1. The quantitative estimate of drug-likeness (QED) is 0.256. The summed E-state index contributed by atoms with van der Waals surface area (Å²) in [6.07, 6.45) is 11.2. The molecule has 0 bridgehead atoms. The van der Waals surface area contributed by atoms with Gasteiger partial charge in [0.2, 0.25) is 0 Å². The van der Waals surface area contributed by atoms with Crippen molar-refractivity contribution in [1.29, 1.82) is 0 Å². The number of Topliss-reactive ketones (excluding diaryl/α,β-unsaturated/α-hetero) is 1. The van der Waals surface area contributed by atoms with Crippen LogP contribution >= 0.6 is 11.6 Å². The van der Waals surface area contributed by atoms with Crippen LogP contribution in [-0.2, 0) is 11.4 Å². The molecule has 1 aromatic carbocycles. The number of carbonyl (C=O) groups excluding carboxylic acids is 1. The van der Waals surface area contributed by atoms with E-state index in [-0.39, 0.29) is 16.6 Å². The smallest absolute Gasteiger partial charge is 0.163 e. The lowest BCUT2D eigenvalue weighted by atomic mass is 10.0. The third-order valence-electron chi connectivity index (χ3n) is 3.92. The fourth-order valence-electron chi connectivity index (χ4n) is 2.55. The average molecular weight is 374 g/mol. The lowest BCUT2D eigenvalue weighted by molar-refractivity contribution is 0.0979. The highest BCUT2D eigenvalue weighted by Gasteiger charge is 2.10. The summed E-state index contributed by atoms with van der Waals surface area (Å²) in [6, 6.07) is 4.46. The Bertz CT molecular complexity index is 534. The van der Waals surface area contributed by atoms with E-state index in [4.69, 9.17) is 11.6 Å². The van der Waals surface area contributed by atoms with E-state index < -0.39 is 11.4 Å². The molecule has 0 saturated heterocycles. The highest BCUT2D eigenvalue weighted by Crippen LogP contribution is 2.27. The number of carbonyl (C=O) groups is 1. The molecule has 6 heteroatoms. The highest BCUT2D eigenvalue weighted by atomic mass is 35.5. The van der Waals surface area contributed by atoms with Crippen molar-refractivity contribution in [3.63, 3.8) is 0 Å². The second-order valence-electron chi connectivity index (χ2n) is 5.93. The van der Waals surface area contributed by atoms with E-state index in [0.717, 1.165) is 19.3 Å². The number of halogens is 1. The maximum atomic E-state index is 12.1. The molecule has 1 rings (SSSR count). The number of hydrogen-bond donors (Lipinski definition) is 0. The van der Waals surface area contributed by atoms with Crippen LogP contribution in [0.3, 0.4) is 0 Å². The molecule has 0 heterocycles. The van der Waals surface area contributed by atoms with Gasteiger partial charge in [0, 0.05) is 12.0 Å². The van der Waals surface area contributed by atoms with Crippen LogP contribution in [0.1, 0.15) is 81.5 Å². The fourth-order valence-corrected chi connectivity index (χ4v) is 3.04. The van der Waals surface area contributed by atoms with Gasteiger partial charge in [-0.05, 0) is 24.6 Å². The Morgan fingerprint density at radius 3 is 2.25 bits per heavy atom. The zero-order chi connectivity index (χ0) is 17.8. The largest absolute Gasteiger partial charge is 0.740 e. The number of unbranched alkanes of at least 4 members (excludes halogenated alkanes) is 8. The number of rotatable bonds is 13. The van der Waals surface area contributed by atoms with Crippen molar-refractivity contribution in [3.8, 4) is 5.75 Å². The summed E-state index contributed by atoms with van der Waals surface area (Å²) in [5.74, 6) is -0.0286. The number of benzene rings is 1. The minimum atomic E-state index is -2.71. The normalized spacial score (nSPS) is 12.1. The van der Waals surface area contributed by atoms with Gasteiger partial charge in [0.1, 0.15) is 11.4 Å². The number of hydrogen-bond acceptors (Lipinski definition) is 4. The molecule has 4 nitrogen and oxygen atoms in total. The first-order valence-corrected chi connectivity index (χ1v) is 10.0. The van der Waals surface area contributed by atoms with Crippen molar-refractivity contribution in [2.75, 3.05) is 0 Å². The van der Waals surface area contributed by atoms with Gasteiger partial charge in [-0.3, -0.25) is 4.79 Å². The molecule has 0 N–H and O–H groups in total. The molecule has 1 aromatic rings. The van der Waals surface area contributed by atoms with Crippen molar-refractivity contribution < 1.29 is 17.7 Å². The molecule has 0 aliphatic heterocycles. The molecular weight excluding hydrogens is 348 g/mol. The van der Waals surface area contributed by atoms with E-state index in [1.54, 1.807) is 6.07 Å². The highest BCUT2D eigenvalue weighted by molar-refractivity contribution is 7.74. The van der Waals surface area contributed by atoms with E-state index in [2.05, 4.69) is 11.1 Å². The summed E-state index contributed by atoms with van der Waals surface area (Å²) in [5.41, 5.74) is 0.430. The Morgan fingerprint density at radius 1 is 1.08 bits per heavy atom. The zero-order valence-corrected chi connectivity index (χ0v) is 15.8. The molecule has 0 amide bonds. The lowest BCUT2D eigenvalue weighted by Gasteiger charge is -2.10. The maximum Gasteiger partial charge on any atom is 0.163 e. The molecule has 0 fully saturated rings. The second-order valence-corrected chi connectivity index (χ2v) is 6.92. The molecule has 136 valence electrons. The predicted molar refractivity (Wildman–Crippen MR) is 97.2 cm³/mol. The maximum absolute atomic E-state index is 12.1. The molecule has 0 radical (unpaired) electrons. The van der Waals surface area contributed by atoms with Gasteiger partial charge in [0.25, 0.3) is 0 Å². The number of ketones is 1. The monoisotopic (exact) mass is 373 g/mol. The van der Waals surface area contributed by atoms with Gasteiger partial charge < -0.3 is 8.74 Å². The first-order valence-electron chi connectivity index (χ1n) is 8.65. The van der Waals surface area contributed by atoms with E-state index >= 15 is 0 Å². The van der Waals surface area contributed by atoms with Gasteiger partial charge in [0.15, 0.2) is 11.5 Å². The van der Waals surface area contributed by atoms with Gasteiger partial charge >= 0.3 is 0 Å². The minimum Gasteiger partial charge on any atom is -0.740 e. The SMILES string of the molecule is CCCCCCCCCCCC(=O)c1ccc(Cl)c(OS(=O)[O-])c1. The van der Waals surface area contributed by atoms with Crippen LogP contribution in [0.4, 0.5) is 0 Å². The van der Waals surface area contributed by atoms with Gasteiger partial charge in [-0.25, -0.2) is 4.21 Å². The van der Waals surface area contributed by atoms with Crippen molar-refractivity contribution in [1.82, 2.24) is 0 Å². The van der Waals surface area contributed by atoms with Crippen LogP contribution in [0.25, 0.3) is 0 Å². The molecule has 1 unspecified atom stereocenters. The first kappa shape index (κ1) is 21.1. The zero-order valence-electron chi connectivity index (χ0n) is 14.2. The first-order chi connectivity index (χ1) is 11.5. The summed E-state index contributed by atoms with van der Waals surface area (Å²) >= 11 is 3.14. The third-order valence-corrected chi connectivity index (χ3v) is 4.55. The van der Waals surface area contributed by atoms with Crippen molar-refractivity contribution in [2.24, 2.45) is 0 Å². The van der Waals surface area contributed by atoms with Gasteiger partial charge in [-0.1, -0.05) is 69.9 Å². The summed E-state index contributed by atoms with van der Waals surface area (Å²) in [7, 11) is 0. The topological polar surface area (TPSA) is 66.4 Å². The lowest BCUT2D eigenvalue weighted by Crippen LogP contribution is -2.02. The molecule has 24 heavy (non-hydrogen) atoms. The Morgan fingerprint density at radius 2 is 1.67 bits per heavy atom. The van der Waals surface area contributed by atoms with Crippen molar-refractivity contribution in [3.05, 3.63) is 28.8 Å². The Labute approximate surface area is 152 Å². The standard InChI is InChI=1S/C18H27ClO4S/c1-2-3-4-5-6-7-8-9-10-11-17(20)15-12-13-16(19)18(14-15)23-24(21)22/h12-14H,2-11H2,1H3,(H,21,22)/p-1. The summed E-state index contributed by atoms with van der Waals surface area (Å²) < 4.78 is 25.7. The third kappa shape index (κ3) is 8.81. The van der Waals surface area contributed by atoms with Crippen LogP contribution in [-0.4, -0.2) is 14.5 Å². The predicted octanol–water partition coefficient (Wildman–Crippen LogP) is 5.62. The van der Waals surface area contributed by atoms with Crippen molar-refractivity contribution >= 4 is 28.7 Å². The van der Waals surface area contributed by atoms with Crippen LogP contribution in [0.5, 0.6) is 5.75 Å². The molecule has 0 aliphatic rings. The molecular formula is C18H26ClO4S-. The van der Waals surface area contributed by atoms with E-state index in [0.29, 0.717) is 12.0 Å².